The molecule has 0 aromatic carbocycles. The second-order valence-corrected chi connectivity index (χ2v) is 10.3. The Morgan fingerprint density at radius 3 is 2.19 bits per heavy atom. The van der Waals surface area contributed by atoms with Gasteiger partial charge in [-0.05, 0) is 64.2 Å². The molecule has 0 aromatic heterocycles. The van der Waals surface area contributed by atoms with Gasteiger partial charge in [0.2, 0.25) is 0 Å². The Morgan fingerprint density at radius 1 is 0.968 bits per heavy atom. The van der Waals surface area contributed by atoms with Crippen LogP contribution in [0.3, 0.4) is 0 Å². The molecule has 10 nitrogen and oxygen atoms in total. The zero-order valence-corrected chi connectivity index (χ0v) is 18.3. The molecule has 1 heterocycles. The molecule has 11 atom stereocenters. The molecule has 1 aliphatic heterocycles. The molecule has 0 radical (unpaired) electrons. The molecule has 31 heavy (non-hydrogen) atoms. The fourth-order valence-corrected chi connectivity index (χ4v) is 5.72. The number of ether oxygens (including phenoxy) is 2. The van der Waals surface area contributed by atoms with Crippen molar-refractivity contribution in [3.8, 4) is 0 Å². The Hall–Kier alpha value is -0.400. The van der Waals surface area contributed by atoms with Crippen LogP contribution in [0, 0.1) is 17.8 Å². The molecule has 8 N–H and O–H groups in total. The molecule has 2 saturated carbocycles. The first-order valence-electron chi connectivity index (χ1n) is 11.0. The molecule has 0 amide bonds. The van der Waals surface area contributed by atoms with E-state index in [1.54, 1.807) is 13.8 Å². The van der Waals surface area contributed by atoms with E-state index < -0.39 is 78.7 Å². The Morgan fingerprint density at radius 2 is 1.61 bits per heavy atom. The second kappa shape index (κ2) is 8.75. The lowest BCUT2D eigenvalue weighted by atomic mass is 9.74. The lowest BCUT2D eigenvalue weighted by molar-refractivity contribution is -0.329. The van der Waals surface area contributed by atoms with Crippen molar-refractivity contribution < 1.29 is 50.3 Å². The van der Waals surface area contributed by atoms with Gasteiger partial charge >= 0.3 is 0 Å². The van der Waals surface area contributed by atoms with Crippen LogP contribution < -0.4 is 0 Å². The minimum absolute atomic E-state index is 0.176. The largest absolute Gasteiger partial charge is 0.394 e. The third-order valence-electron chi connectivity index (χ3n) is 8.07. The zero-order valence-electron chi connectivity index (χ0n) is 18.3. The highest BCUT2D eigenvalue weighted by atomic mass is 16.7. The summed E-state index contributed by atoms with van der Waals surface area (Å²) in [4.78, 5) is 0. The van der Waals surface area contributed by atoms with E-state index in [9.17, 15) is 40.9 Å². The Bertz CT molecular complexity index is 625. The van der Waals surface area contributed by atoms with Crippen molar-refractivity contribution in [2.24, 2.45) is 17.8 Å². The summed E-state index contributed by atoms with van der Waals surface area (Å²) in [5, 5.41) is 82.1. The van der Waals surface area contributed by atoms with Crippen LogP contribution in [0.5, 0.6) is 0 Å². The monoisotopic (exact) mass is 450 g/mol. The predicted octanol–water partition coefficient (Wildman–Crippen LogP) is -2.15. The molecule has 1 saturated heterocycles. The highest BCUT2D eigenvalue weighted by molar-refractivity contribution is 5.10. The van der Waals surface area contributed by atoms with Gasteiger partial charge in [-0.25, -0.2) is 0 Å². The lowest BCUT2D eigenvalue weighted by Gasteiger charge is -2.45. The van der Waals surface area contributed by atoms with Crippen LogP contribution in [-0.4, -0.2) is 108 Å². The first kappa shape index (κ1) is 25.2. The highest BCUT2D eigenvalue weighted by Crippen LogP contribution is 2.54. The molecular formula is C21H38O10. The molecule has 0 aromatic rings. The fourth-order valence-electron chi connectivity index (χ4n) is 5.72. The van der Waals surface area contributed by atoms with Gasteiger partial charge in [-0.1, -0.05) is 0 Å². The Labute approximate surface area is 182 Å². The van der Waals surface area contributed by atoms with Crippen LogP contribution >= 0.6 is 0 Å². The molecule has 10 heteroatoms. The van der Waals surface area contributed by atoms with Crippen LogP contribution in [-0.2, 0) is 9.47 Å². The Balaban J connectivity index is 1.82. The van der Waals surface area contributed by atoms with Gasteiger partial charge in [-0.15, -0.1) is 0 Å². The molecule has 2 aliphatic carbocycles. The Kier molecular flexibility index (Phi) is 7.12. The topological polar surface area (TPSA) is 180 Å². The van der Waals surface area contributed by atoms with Gasteiger partial charge in [0.25, 0.3) is 0 Å². The number of aliphatic hydroxyl groups is 8. The number of aliphatic hydroxyl groups excluding tert-OH is 6. The zero-order chi connectivity index (χ0) is 23.4. The molecular weight excluding hydrogens is 412 g/mol. The summed E-state index contributed by atoms with van der Waals surface area (Å²) in [6.45, 7) is 4.00. The van der Waals surface area contributed by atoms with E-state index in [1.165, 1.54) is 6.92 Å². The van der Waals surface area contributed by atoms with Gasteiger partial charge in [0, 0.05) is 0 Å². The quantitative estimate of drug-likeness (QED) is 0.230. The number of hydrogen-bond donors (Lipinski definition) is 8. The molecule has 0 unspecified atom stereocenters. The average molecular weight is 451 g/mol. The summed E-state index contributed by atoms with van der Waals surface area (Å²) in [5.74, 6) is -1.25. The maximum absolute atomic E-state index is 11.1. The molecule has 3 rings (SSSR count). The van der Waals surface area contributed by atoms with Gasteiger partial charge in [0.15, 0.2) is 6.29 Å². The van der Waals surface area contributed by atoms with Gasteiger partial charge in [-0.3, -0.25) is 0 Å². The van der Waals surface area contributed by atoms with Crippen molar-refractivity contribution in [3.63, 3.8) is 0 Å². The summed E-state index contributed by atoms with van der Waals surface area (Å²) < 4.78 is 11.5. The summed E-state index contributed by atoms with van der Waals surface area (Å²) in [6.07, 6.45) is -6.78. The third kappa shape index (κ3) is 4.40. The van der Waals surface area contributed by atoms with Crippen LogP contribution in [0.2, 0.25) is 0 Å². The lowest BCUT2D eigenvalue weighted by Crippen LogP contribution is -2.61. The van der Waals surface area contributed by atoms with Crippen molar-refractivity contribution in [2.75, 3.05) is 13.2 Å². The molecule has 3 fully saturated rings. The average Bonchev–Trinajstić information content (AvgIpc) is 2.84. The van der Waals surface area contributed by atoms with Gasteiger partial charge in [0.1, 0.15) is 24.4 Å². The second-order valence-electron chi connectivity index (χ2n) is 10.3. The summed E-state index contributed by atoms with van der Waals surface area (Å²) >= 11 is 0. The molecule has 0 bridgehead atoms. The minimum atomic E-state index is -1.56. The van der Waals surface area contributed by atoms with E-state index >= 15 is 0 Å². The van der Waals surface area contributed by atoms with Crippen molar-refractivity contribution in [2.45, 2.75) is 100 Å². The van der Waals surface area contributed by atoms with Crippen molar-refractivity contribution >= 4 is 0 Å². The standard InChI is InChI=1S/C21H38O10/c1-19(2,31-18-17(27)16(26)15(25)13(8-22)30-18)10-4-5-21(29,9-23)12-7-14(24)20(3,28)11(12)6-10/h10-18,22-29H,4-9H2,1-3H3/t10-,11-,12-,13+,14+,15-,16-,17-,18-,20+,21+/m1/s1. The maximum Gasteiger partial charge on any atom is 0.187 e. The van der Waals surface area contributed by atoms with E-state index in [4.69, 9.17) is 9.47 Å². The van der Waals surface area contributed by atoms with E-state index in [2.05, 4.69) is 0 Å². The fraction of sp³-hybridized carbons (Fsp3) is 1.00. The van der Waals surface area contributed by atoms with Crippen LogP contribution in [0.15, 0.2) is 0 Å². The first-order valence-corrected chi connectivity index (χ1v) is 11.0. The predicted molar refractivity (Wildman–Crippen MR) is 107 cm³/mol. The van der Waals surface area contributed by atoms with Gasteiger partial charge in [-0.2, -0.15) is 0 Å². The smallest absolute Gasteiger partial charge is 0.187 e. The number of rotatable bonds is 5. The van der Waals surface area contributed by atoms with Crippen molar-refractivity contribution in [1.82, 2.24) is 0 Å². The van der Waals surface area contributed by atoms with Gasteiger partial charge in [0.05, 0.1) is 36.1 Å². The minimum Gasteiger partial charge on any atom is -0.394 e. The molecule has 0 spiro atoms. The number of fused-ring (bicyclic) bond motifs is 1. The van der Waals surface area contributed by atoms with Crippen LogP contribution in [0.4, 0.5) is 0 Å². The summed E-state index contributed by atoms with van der Waals surface area (Å²) in [5.41, 5.74) is -3.86. The molecule has 182 valence electrons. The SMILES string of the molecule is CC(C)(O[C@H]1O[C@@H](CO)[C@@H](O)[C@@H](O)[C@H]1O)[C@@H]1CC[C@](O)(CO)[C@@H]2C[C@H](O)[C@@](C)(O)[C@@H]2C1. The first-order chi connectivity index (χ1) is 14.3. The normalized spacial score (nSPS) is 51.4. The van der Waals surface area contributed by atoms with Crippen molar-refractivity contribution in [1.29, 1.82) is 0 Å². The summed E-state index contributed by atoms with van der Waals surface area (Å²) in [7, 11) is 0. The third-order valence-corrected chi connectivity index (χ3v) is 8.07. The van der Waals surface area contributed by atoms with Crippen molar-refractivity contribution in [3.05, 3.63) is 0 Å². The molecule has 3 aliphatic rings. The van der Waals surface area contributed by atoms with E-state index in [1.807, 2.05) is 0 Å². The van der Waals surface area contributed by atoms with E-state index in [0.29, 0.717) is 12.8 Å². The van der Waals surface area contributed by atoms with E-state index in [-0.39, 0.29) is 18.8 Å². The summed E-state index contributed by atoms with van der Waals surface area (Å²) in [6, 6.07) is 0. The van der Waals surface area contributed by atoms with Crippen LogP contribution in [0.25, 0.3) is 0 Å². The maximum atomic E-state index is 11.1. The van der Waals surface area contributed by atoms with Crippen LogP contribution in [0.1, 0.15) is 46.5 Å². The van der Waals surface area contributed by atoms with E-state index in [0.717, 1.165) is 0 Å². The highest BCUT2D eigenvalue weighted by Gasteiger charge is 2.60. The van der Waals surface area contributed by atoms with Gasteiger partial charge < -0.3 is 50.3 Å². The number of hydrogen-bond acceptors (Lipinski definition) is 10.